The second-order valence-corrected chi connectivity index (χ2v) is 4.66. The van der Waals surface area contributed by atoms with Crippen LogP contribution >= 0.6 is 11.3 Å². The molecule has 1 aromatic carbocycles. The molecule has 0 bridgehead atoms. The molecule has 0 aliphatic carbocycles. The molecule has 1 aliphatic heterocycles. The number of nitrogens with one attached hydrogen (secondary N) is 1. The number of benzene rings is 1. The molecule has 16 heavy (non-hydrogen) atoms. The van der Waals surface area contributed by atoms with Crippen molar-refractivity contribution in [1.82, 2.24) is 10.3 Å². The van der Waals surface area contributed by atoms with Crippen molar-refractivity contribution in [2.75, 3.05) is 0 Å². The Hall–Kier alpha value is -1.75. The lowest BCUT2D eigenvalue weighted by atomic mass is 10.3. The van der Waals surface area contributed by atoms with Crippen LogP contribution in [0.2, 0.25) is 0 Å². The first-order chi connectivity index (χ1) is 7.74. The molecule has 0 saturated carbocycles. The topological polar surface area (TPSA) is 54.4 Å². The van der Waals surface area contributed by atoms with E-state index in [1.54, 1.807) is 18.3 Å². The lowest BCUT2D eigenvalue weighted by Gasteiger charge is -1.93. The number of carbonyl (C=O) groups is 1. The van der Waals surface area contributed by atoms with Gasteiger partial charge in [0.2, 0.25) is 5.91 Å². The summed E-state index contributed by atoms with van der Waals surface area (Å²) in [5.74, 6) is 0.535. The van der Waals surface area contributed by atoms with Crippen molar-refractivity contribution in [1.29, 1.82) is 0 Å². The molecule has 1 atom stereocenters. The molecule has 0 radical (unpaired) electrons. The van der Waals surface area contributed by atoms with Crippen LogP contribution in [0.15, 0.2) is 29.3 Å². The lowest BCUT2D eigenvalue weighted by Crippen LogP contribution is -2.27. The Balaban J connectivity index is 2.07. The zero-order chi connectivity index (χ0) is 11.1. The van der Waals surface area contributed by atoms with Gasteiger partial charge in [0.05, 0.1) is 10.2 Å². The van der Waals surface area contributed by atoms with Gasteiger partial charge in [0, 0.05) is 0 Å². The zero-order valence-corrected chi connectivity index (χ0v) is 9.41. The predicted octanol–water partition coefficient (Wildman–Crippen LogP) is 1.56. The second kappa shape index (κ2) is 3.38. The fourth-order valence-electron chi connectivity index (χ4n) is 1.59. The molecule has 4 nitrogen and oxygen atoms in total. The van der Waals surface area contributed by atoms with Crippen molar-refractivity contribution in [3.63, 3.8) is 0 Å². The van der Waals surface area contributed by atoms with Gasteiger partial charge in [0.1, 0.15) is 6.04 Å². The number of amides is 1. The molecule has 0 spiro atoms. The average Bonchev–Trinajstić information content (AvgIpc) is 2.83. The van der Waals surface area contributed by atoms with E-state index in [-0.39, 0.29) is 11.9 Å². The number of rotatable bonds is 1. The Labute approximate surface area is 96.0 Å². The Morgan fingerprint density at radius 3 is 2.88 bits per heavy atom. The fourth-order valence-corrected chi connectivity index (χ4v) is 2.51. The first-order valence-corrected chi connectivity index (χ1v) is 5.80. The maximum Gasteiger partial charge on any atom is 0.250 e. The van der Waals surface area contributed by atoms with Gasteiger partial charge in [-0.3, -0.25) is 9.79 Å². The van der Waals surface area contributed by atoms with E-state index < -0.39 is 0 Å². The van der Waals surface area contributed by atoms with Crippen LogP contribution in [-0.4, -0.2) is 22.8 Å². The smallest absolute Gasteiger partial charge is 0.250 e. The number of fused-ring (bicyclic) bond motifs is 1. The van der Waals surface area contributed by atoms with Crippen molar-refractivity contribution < 1.29 is 4.79 Å². The molecule has 1 unspecified atom stereocenters. The van der Waals surface area contributed by atoms with Gasteiger partial charge in [-0.05, 0) is 19.1 Å². The summed E-state index contributed by atoms with van der Waals surface area (Å²) in [4.78, 5) is 20.0. The van der Waals surface area contributed by atoms with Gasteiger partial charge in [-0.2, -0.15) is 0 Å². The van der Waals surface area contributed by atoms with Gasteiger partial charge < -0.3 is 5.32 Å². The minimum atomic E-state index is -0.304. The highest BCUT2D eigenvalue weighted by Crippen LogP contribution is 2.22. The molecular weight excluding hydrogens is 222 g/mol. The number of thiazole rings is 1. The number of aromatic nitrogens is 1. The Bertz CT molecular complexity index is 569. The molecule has 0 saturated heterocycles. The van der Waals surface area contributed by atoms with Crippen LogP contribution in [0.5, 0.6) is 0 Å². The number of hydrogen-bond acceptors (Lipinski definition) is 4. The molecule has 3 rings (SSSR count). The van der Waals surface area contributed by atoms with Gasteiger partial charge in [-0.15, -0.1) is 11.3 Å². The third-order valence-corrected chi connectivity index (χ3v) is 3.48. The summed E-state index contributed by atoms with van der Waals surface area (Å²) in [6.45, 7) is 1.77. The lowest BCUT2D eigenvalue weighted by molar-refractivity contribution is -0.119. The maximum absolute atomic E-state index is 11.3. The maximum atomic E-state index is 11.3. The normalized spacial score (nSPS) is 19.9. The number of carbonyl (C=O) groups excluding carboxylic acids is 1. The van der Waals surface area contributed by atoms with Crippen molar-refractivity contribution in [2.45, 2.75) is 13.0 Å². The summed E-state index contributed by atoms with van der Waals surface area (Å²) in [6.07, 6.45) is 0. The third kappa shape index (κ3) is 1.40. The van der Waals surface area contributed by atoms with Crippen LogP contribution in [0.25, 0.3) is 10.2 Å². The molecule has 1 N–H and O–H groups in total. The summed E-state index contributed by atoms with van der Waals surface area (Å²) in [5.41, 5.74) is 0.944. The zero-order valence-electron chi connectivity index (χ0n) is 8.60. The van der Waals surface area contributed by atoms with E-state index in [1.807, 2.05) is 24.3 Å². The second-order valence-electron chi connectivity index (χ2n) is 3.63. The molecule has 2 aromatic rings. The minimum absolute atomic E-state index is 0.0609. The first-order valence-electron chi connectivity index (χ1n) is 4.98. The molecule has 80 valence electrons. The molecule has 1 aromatic heterocycles. The fraction of sp³-hybridized carbons (Fsp3) is 0.182. The largest absolute Gasteiger partial charge is 0.307 e. The molecule has 2 heterocycles. The van der Waals surface area contributed by atoms with E-state index in [0.717, 1.165) is 15.2 Å². The monoisotopic (exact) mass is 231 g/mol. The van der Waals surface area contributed by atoms with E-state index in [2.05, 4.69) is 15.3 Å². The third-order valence-electron chi connectivity index (χ3n) is 2.44. The summed E-state index contributed by atoms with van der Waals surface area (Å²) in [6, 6.07) is 7.58. The van der Waals surface area contributed by atoms with Crippen LogP contribution < -0.4 is 5.32 Å². The molecule has 5 heteroatoms. The van der Waals surface area contributed by atoms with E-state index in [1.165, 1.54) is 0 Å². The van der Waals surface area contributed by atoms with Crippen molar-refractivity contribution in [3.8, 4) is 0 Å². The van der Waals surface area contributed by atoms with E-state index in [9.17, 15) is 4.79 Å². The predicted molar refractivity (Wildman–Crippen MR) is 63.8 cm³/mol. The van der Waals surface area contributed by atoms with E-state index in [0.29, 0.717) is 5.84 Å². The van der Waals surface area contributed by atoms with Crippen LogP contribution in [0.1, 0.15) is 11.9 Å². The van der Waals surface area contributed by atoms with E-state index in [4.69, 9.17) is 0 Å². The SMILES string of the molecule is CC1N=C(c2nc3ccccc3s2)NC1=O. The minimum Gasteiger partial charge on any atom is -0.307 e. The highest BCUT2D eigenvalue weighted by Gasteiger charge is 2.24. The van der Waals surface area contributed by atoms with Gasteiger partial charge >= 0.3 is 0 Å². The molecule has 1 amide bonds. The van der Waals surface area contributed by atoms with Gasteiger partial charge in [-0.25, -0.2) is 4.98 Å². The number of nitrogens with zero attached hydrogens (tertiary/aromatic N) is 2. The Morgan fingerprint density at radius 1 is 1.38 bits per heavy atom. The van der Waals surface area contributed by atoms with Crippen molar-refractivity contribution >= 4 is 33.3 Å². The van der Waals surface area contributed by atoms with Crippen LogP contribution in [0, 0.1) is 0 Å². The van der Waals surface area contributed by atoms with Crippen LogP contribution in [0.4, 0.5) is 0 Å². The highest BCUT2D eigenvalue weighted by atomic mass is 32.1. The van der Waals surface area contributed by atoms with Gasteiger partial charge in [-0.1, -0.05) is 12.1 Å². The quantitative estimate of drug-likeness (QED) is 0.809. The average molecular weight is 231 g/mol. The van der Waals surface area contributed by atoms with Crippen molar-refractivity contribution in [2.24, 2.45) is 4.99 Å². The van der Waals surface area contributed by atoms with Crippen molar-refractivity contribution in [3.05, 3.63) is 29.3 Å². The van der Waals surface area contributed by atoms with Crippen LogP contribution in [0.3, 0.4) is 0 Å². The summed E-state index contributed by atoms with van der Waals surface area (Å²) >= 11 is 1.54. The number of hydrogen-bond donors (Lipinski definition) is 1. The van der Waals surface area contributed by atoms with Crippen LogP contribution in [-0.2, 0) is 4.79 Å². The Kier molecular flexibility index (Phi) is 2.00. The summed E-state index contributed by atoms with van der Waals surface area (Å²) < 4.78 is 1.11. The number of para-hydroxylation sites is 1. The molecule has 1 aliphatic rings. The van der Waals surface area contributed by atoms with E-state index >= 15 is 0 Å². The van der Waals surface area contributed by atoms with Gasteiger partial charge in [0.15, 0.2) is 10.8 Å². The Morgan fingerprint density at radius 2 is 2.19 bits per heavy atom. The number of amidine groups is 1. The molecular formula is C11H9N3OS. The summed E-state index contributed by atoms with van der Waals surface area (Å²) in [7, 11) is 0. The molecule has 0 fully saturated rings. The number of aliphatic imine (C=N–C) groups is 1. The standard InChI is InChI=1S/C11H9N3OS/c1-6-10(15)14-9(12-6)11-13-7-4-2-3-5-8(7)16-11/h2-6H,1H3,(H,12,14,15). The first kappa shape index (κ1) is 9.47. The van der Waals surface area contributed by atoms with Gasteiger partial charge in [0.25, 0.3) is 0 Å². The highest BCUT2D eigenvalue weighted by molar-refractivity contribution is 7.20. The summed E-state index contributed by atoms with van der Waals surface area (Å²) in [5, 5.41) is 3.52.